The third kappa shape index (κ3) is 1.62. The summed E-state index contributed by atoms with van der Waals surface area (Å²) in [7, 11) is 0. The number of aliphatic hydroxyl groups is 5. The van der Waals surface area contributed by atoms with Crippen molar-refractivity contribution in [2.24, 2.45) is 5.92 Å². The van der Waals surface area contributed by atoms with Gasteiger partial charge in [-0.2, -0.15) is 5.06 Å². The van der Waals surface area contributed by atoms with E-state index in [-0.39, 0.29) is 6.54 Å². The van der Waals surface area contributed by atoms with Crippen molar-refractivity contribution in [2.75, 3.05) is 13.2 Å². The predicted octanol–water partition coefficient (Wildman–Crippen LogP) is -3.61. The lowest BCUT2D eigenvalue weighted by Gasteiger charge is -2.39. The Morgan fingerprint density at radius 2 is 1.78 bits per heavy atom. The van der Waals surface area contributed by atoms with Gasteiger partial charge in [0.05, 0.1) is 43.4 Å². The zero-order valence-electron chi connectivity index (χ0n) is 9.53. The maximum absolute atomic E-state index is 10.1. The molecule has 104 valence electrons. The van der Waals surface area contributed by atoms with Crippen LogP contribution in [0.4, 0.5) is 0 Å². The summed E-state index contributed by atoms with van der Waals surface area (Å²) in [5, 5.41) is 49.7. The molecule has 8 heteroatoms. The van der Waals surface area contributed by atoms with Gasteiger partial charge in [-0.1, -0.05) is 0 Å². The molecular weight excluding hydrogens is 246 g/mol. The molecule has 3 fully saturated rings. The van der Waals surface area contributed by atoms with E-state index in [1.54, 1.807) is 0 Å². The van der Waals surface area contributed by atoms with Crippen LogP contribution < -0.4 is 0 Å². The van der Waals surface area contributed by atoms with Crippen LogP contribution in [-0.2, 0) is 9.57 Å². The maximum atomic E-state index is 10.1. The molecule has 0 aromatic rings. The van der Waals surface area contributed by atoms with E-state index in [2.05, 4.69) is 0 Å². The third-order valence-corrected chi connectivity index (χ3v) is 4.01. The first-order chi connectivity index (χ1) is 8.54. The lowest BCUT2D eigenvalue weighted by Crippen LogP contribution is -2.58. The van der Waals surface area contributed by atoms with Crippen LogP contribution in [0.2, 0.25) is 0 Å². The van der Waals surface area contributed by atoms with Crippen molar-refractivity contribution in [3.05, 3.63) is 0 Å². The fourth-order valence-electron chi connectivity index (χ4n) is 3.04. The highest BCUT2D eigenvalue weighted by molar-refractivity contribution is 5.04. The number of hydroxylamine groups is 2. The zero-order valence-corrected chi connectivity index (χ0v) is 9.53. The molecule has 3 aliphatic rings. The molecule has 8 nitrogen and oxygen atoms in total. The number of ether oxygens (including phenoxy) is 1. The monoisotopic (exact) mass is 263 g/mol. The molecule has 18 heavy (non-hydrogen) atoms. The predicted molar refractivity (Wildman–Crippen MR) is 54.8 cm³/mol. The quantitative estimate of drug-likeness (QED) is 0.329. The highest BCUT2D eigenvalue weighted by atomic mass is 16.8. The highest BCUT2D eigenvalue weighted by Gasteiger charge is 2.60. The highest BCUT2D eigenvalue weighted by Crippen LogP contribution is 2.42. The summed E-state index contributed by atoms with van der Waals surface area (Å²) < 4.78 is 5.35. The molecule has 0 bridgehead atoms. The Balaban J connectivity index is 1.84. The molecule has 0 radical (unpaired) electrons. The van der Waals surface area contributed by atoms with Gasteiger partial charge in [-0.3, -0.25) is 4.84 Å². The first-order valence-corrected chi connectivity index (χ1v) is 5.96. The van der Waals surface area contributed by atoms with E-state index < -0.39 is 55.4 Å². The maximum Gasteiger partial charge on any atom is 0.185 e. The molecule has 0 saturated carbocycles. The largest absolute Gasteiger partial charge is 0.394 e. The minimum absolute atomic E-state index is 0.120. The van der Waals surface area contributed by atoms with E-state index in [0.717, 1.165) is 0 Å². The average molecular weight is 263 g/mol. The average Bonchev–Trinajstić information content (AvgIpc) is 2.82. The minimum Gasteiger partial charge on any atom is -0.394 e. The SMILES string of the molecule is OC[C@H]1O[C@@H]2ON3C[C@H](O)[C@H](O)[C@H]3[C@@H]2[C@@H](O)[C@@H]1O. The Morgan fingerprint density at radius 3 is 2.44 bits per heavy atom. The smallest absolute Gasteiger partial charge is 0.185 e. The van der Waals surface area contributed by atoms with Crippen LogP contribution in [0.1, 0.15) is 0 Å². The molecule has 0 amide bonds. The normalized spacial score (nSPS) is 56.5. The van der Waals surface area contributed by atoms with Gasteiger partial charge in [0.15, 0.2) is 6.29 Å². The summed E-state index contributed by atoms with van der Waals surface area (Å²) in [6, 6.07) is -0.616. The second-order valence-corrected chi connectivity index (χ2v) is 5.04. The van der Waals surface area contributed by atoms with Crippen molar-refractivity contribution >= 4 is 0 Å². The van der Waals surface area contributed by atoms with Gasteiger partial charge in [0.2, 0.25) is 0 Å². The number of aliphatic hydroxyl groups excluding tert-OH is 5. The van der Waals surface area contributed by atoms with Crippen LogP contribution in [0.15, 0.2) is 0 Å². The van der Waals surface area contributed by atoms with Gasteiger partial charge < -0.3 is 30.3 Å². The molecule has 3 aliphatic heterocycles. The number of hydrogen-bond donors (Lipinski definition) is 5. The molecule has 0 spiro atoms. The molecule has 3 heterocycles. The molecule has 0 unspecified atom stereocenters. The molecule has 0 aromatic heterocycles. The molecule has 3 rings (SSSR count). The number of fused-ring (bicyclic) bond motifs is 3. The van der Waals surface area contributed by atoms with Gasteiger partial charge in [-0.25, -0.2) is 0 Å². The molecule has 8 atom stereocenters. The van der Waals surface area contributed by atoms with Gasteiger partial charge in [-0.05, 0) is 0 Å². The molecule has 5 N–H and O–H groups in total. The van der Waals surface area contributed by atoms with E-state index in [0.29, 0.717) is 0 Å². The van der Waals surface area contributed by atoms with E-state index >= 15 is 0 Å². The number of rotatable bonds is 1. The lowest BCUT2D eigenvalue weighted by atomic mass is 9.84. The molecule has 0 aliphatic carbocycles. The van der Waals surface area contributed by atoms with Gasteiger partial charge in [-0.15, -0.1) is 0 Å². The zero-order chi connectivity index (χ0) is 13.0. The Labute approximate surface area is 103 Å². The summed E-state index contributed by atoms with van der Waals surface area (Å²) >= 11 is 0. The van der Waals surface area contributed by atoms with Crippen molar-refractivity contribution in [2.45, 2.75) is 42.9 Å². The van der Waals surface area contributed by atoms with Crippen molar-refractivity contribution in [3.8, 4) is 0 Å². The van der Waals surface area contributed by atoms with Crippen molar-refractivity contribution in [1.29, 1.82) is 0 Å². The van der Waals surface area contributed by atoms with Crippen LogP contribution >= 0.6 is 0 Å². The summed E-state index contributed by atoms with van der Waals surface area (Å²) in [5.41, 5.74) is 0. The molecular formula is C10H17NO7. The Kier molecular flexibility index (Phi) is 3.07. The van der Waals surface area contributed by atoms with Crippen molar-refractivity contribution in [1.82, 2.24) is 5.06 Å². The number of nitrogens with zero attached hydrogens (tertiary/aromatic N) is 1. The van der Waals surface area contributed by atoms with E-state index in [1.165, 1.54) is 5.06 Å². The second kappa shape index (κ2) is 4.36. The Bertz CT molecular complexity index is 327. The van der Waals surface area contributed by atoms with Crippen molar-refractivity contribution in [3.63, 3.8) is 0 Å². The van der Waals surface area contributed by atoms with Gasteiger partial charge >= 0.3 is 0 Å². The Hall–Kier alpha value is -0.320. The topological polar surface area (TPSA) is 123 Å². The van der Waals surface area contributed by atoms with Gasteiger partial charge in [0.25, 0.3) is 0 Å². The molecule has 0 aromatic carbocycles. The summed E-state index contributed by atoms with van der Waals surface area (Å²) in [6.07, 6.45) is -6.18. The summed E-state index contributed by atoms with van der Waals surface area (Å²) in [6.45, 7) is -0.310. The van der Waals surface area contributed by atoms with E-state index in [4.69, 9.17) is 14.7 Å². The summed E-state index contributed by atoms with van der Waals surface area (Å²) in [5.74, 6) is -0.657. The Morgan fingerprint density at radius 1 is 1.06 bits per heavy atom. The van der Waals surface area contributed by atoms with Gasteiger partial charge in [0.1, 0.15) is 12.2 Å². The lowest BCUT2D eigenvalue weighted by molar-refractivity contribution is -0.299. The fraction of sp³-hybridized carbons (Fsp3) is 1.00. The van der Waals surface area contributed by atoms with Crippen molar-refractivity contribution < 1.29 is 35.1 Å². The number of hydrogen-bond acceptors (Lipinski definition) is 8. The van der Waals surface area contributed by atoms with Crippen LogP contribution in [0.3, 0.4) is 0 Å². The molecule has 3 saturated heterocycles. The third-order valence-electron chi connectivity index (χ3n) is 4.01. The van der Waals surface area contributed by atoms with Crippen LogP contribution in [0, 0.1) is 5.92 Å². The first kappa shape index (κ1) is 12.7. The van der Waals surface area contributed by atoms with Crippen LogP contribution in [0.5, 0.6) is 0 Å². The van der Waals surface area contributed by atoms with Gasteiger partial charge in [0, 0.05) is 0 Å². The summed E-state index contributed by atoms with van der Waals surface area (Å²) in [4.78, 5) is 5.39. The second-order valence-electron chi connectivity index (χ2n) is 5.04. The van der Waals surface area contributed by atoms with Crippen LogP contribution in [0.25, 0.3) is 0 Å². The fourth-order valence-corrected chi connectivity index (χ4v) is 3.04. The minimum atomic E-state index is -1.25. The van der Waals surface area contributed by atoms with E-state index in [1.807, 2.05) is 0 Å². The van der Waals surface area contributed by atoms with E-state index in [9.17, 15) is 20.4 Å². The standard InChI is InChI=1S/C10H17NO7/c12-2-4-8(15)9(16)5-6-7(14)3(13)1-11(6)18-10(5)17-4/h3-10,12-16H,1-2H2/t3-,4+,5+,6+,7-,8+,9+,10+/m0/s1. The first-order valence-electron chi connectivity index (χ1n) is 5.96. The van der Waals surface area contributed by atoms with Crippen LogP contribution in [-0.4, -0.2) is 86.6 Å².